The van der Waals surface area contributed by atoms with Crippen LogP contribution < -0.4 is 14.2 Å². The van der Waals surface area contributed by atoms with Crippen molar-refractivity contribution in [3.63, 3.8) is 0 Å². The Morgan fingerprint density at radius 3 is 2.33 bits per heavy atom. The zero-order valence-electron chi connectivity index (χ0n) is 25.3. The summed E-state index contributed by atoms with van der Waals surface area (Å²) in [7, 11) is 1.56. The Kier molecular flexibility index (Phi) is 11.3. The first-order chi connectivity index (χ1) is 20.4. The zero-order chi connectivity index (χ0) is 30.1. The van der Waals surface area contributed by atoms with Crippen LogP contribution in [0.1, 0.15) is 62.3 Å². The van der Waals surface area contributed by atoms with Crippen LogP contribution in [0.25, 0.3) is 5.76 Å². The average molecular weight is 581 g/mol. The number of ether oxygens (including phenoxy) is 4. The van der Waals surface area contributed by atoms with Gasteiger partial charge in [-0.1, -0.05) is 32.8 Å². The molecule has 2 heterocycles. The van der Waals surface area contributed by atoms with E-state index < -0.39 is 17.7 Å². The molecule has 0 aromatic heterocycles. The highest BCUT2D eigenvalue weighted by Gasteiger charge is 2.46. The predicted octanol–water partition coefficient (Wildman–Crippen LogP) is 5.12. The van der Waals surface area contributed by atoms with Crippen LogP contribution in [0.5, 0.6) is 17.2 Å². The summed E-state index contributed by atoms with van der Waals surface area (Å²) in [5.74, 6) is 0.260. The van der Waals surface area contributed by atoms with E-state index in [-0.39, 0.29) is 11.3 Å². The summed E-state index contributed by atoms with van der Waals surface area (Å²) in [5.41, 5.74) is 1.96. The molecule has 2 aliphatic rings. The average Bonchev–Trinajstić information content (AvgIpc) is 3.25. The summed E-state index contributed by atoms with van der Waals surface area (Å²) in [4.78, 5) is 30.9. The number of aliphatic hydroxyl groups excluding tert-OH is 1. The maximum absolute atomic E-state index is 13.6. The van der Waals surface area contributed by atoms with E-state index in [0.29, 0.717) is 67.9 Å². The number of carbonyl (C=O) groups is 2. The second-order valence-electron chi connectivity index (χ2n) is 10.7. The van der Waals surface area contributed by atoms with Crippen molar-refractivity contribution in [1.29, 1.82) is 0 Å². The van der Waals surface area contributed by atoms with Crippen molar-refractivity contribution in [1.82, 2.24) is 9.80 Å². The van der Waals surface area contributed by atoms with Gasteiger partial charge in [-0.2, -0.15) is 0 Å². The summed E-state index contributed by atoms with van der Waals surface area (Å²) < 4.78 is 22.9. The lowest BCUT2D eigenvalue weighted by Crippen LogP contribution is -2.42. The third kappa shape index (κ3) is 7.25. The molecule has 1 unspecified atom stereocenters. The van der Waals surface area contributed by atoms with Crippen molar-refractivity contribution >= 4 is 17.4 Å². The summed E-state index contributed by atoms with van der Waals surface area (Å²) in [6, 6.07) is 10.0. The fourth-order valence-electron chi connectivity index (χ4n) is 5.30. The maximum Gasteiger partial charge on any atom is 0.295 e. The number of methoxy groups -OCH3 is 1. The number of carbonyl (C=O) groups excluding carboxylic acids is 2. The Morgan fingerprint density at radius 1 is 0.952 bits per heavy atom. The lowest BCUT2D eigenvalue weighted by molar-refractivity contribution is -0.140. The normalized spacial score (nSPS) is 18.9. The highest BCUT2D eigenvalue weighted by Crippen LogP contribution is 2.42. The summed E-state index contributed by atoms with van der Waals surface area (Å²) in [6.45, 7) is 10.9. The van der Waals surface area contributed by atoms with Gasteiger partial charge in [-0.15, -0.1) is 0 Å². The third-order valence-electron chi connectivity index (χ3n) is 7.78. The number of hydrogen-bond donors (Lipinski definition) is 1. The molecule has 228 valence electrons. The number of ketones is 1. The highest BCUT2D eigenvalue weighted by atomic mass is 16.5. The third-order valence-corrected chi connectivity index (χ3v) is 7.78. The van der Waals surface area contributed by atoms with Crippen molar-refractivity contribution in [2.24, 2.45) is 0 Å². The number of morpholine rings is 1. The first-order valence-electron chi connectivity index (χ1n) is 15.0. The van der Waals surface area contributed by atoms with E-state index in [2.05, 4.69) is 18.7 Å². The minimum Gasteiger partial charge on any atom is -0.507 e. The van der Waals surface area contributed by atoms with E-state index in [9.17, 15) is 14.7 Å². The lowest BCUT2D eigenvalue weighted by Gasteiger charge is -2.31. The van der Waals surface area contributed by atoms with Gasteiger partial charge in [0.1, 0.15) is 11.5 Å². The predicted molar refractivity (Wildman–Crippen MR) is 161 cm³/mol. The van der Waals surface area contributed by atoms with Crippen LogP contribution in [0, 0.1) is 6.92 Å². The van der Waals surface area contributed by atoms with Crippen LogP contribution in [0.15, 0.2) is 42.0 Å². The molecule has 0 bridgehead atoms. The molecule has 9 nitrogen and oxygen atoms in total. The van der Waals surface area contributed by atoms with Crippen LogP contribution in [0.2, 0.25) is 0 Å². The Bertz CT molecular complexity index is 1270. The second kappa shape index (κ2) is 15.1. The number of amides is 1. The second-order valence-corrected chi connectivity index (χ2v) is 10.7. The van der Waals surface area contributed by atoms with Gasteiger partial charge in [-0.05, 0) is 61.2 Å². The van der Waals surface area contributed by atoms with Crippen molar-refractivity contribution < 1.29 is 33.6 Å². The quantitative estimate of drug-likeness (QED) is 0.142. The van der Waals surface area contributed by atoms with Gasteiger partial charge < -0.3 is 29.0 Å². The molecule has 0 radical (unpaired) electrons. The summed E-state index contributed by atoms with van der Waals surface area (Å²) in [6.07, 6.45) is 3.89. The lowest BCUT2D eigenvalue weighted by atomic mass is 9.93. The van der Waals surface area contributed by atoms with Crippen LogP contribution in [-0.4, -0.2) is 86.3 Å². The van der Waals surface area contributed by atoms with Crippen molar-refractivity contribution in [2.45, 2.75) is 52.5 Å². The Hall–Kier alpha value is -3.56. The number of hydrogen-bond acceptors (Lipinski definition) is 8. The molecule has 2 aromatic carbocycles. The van der Waals surface area contributed by atoms with E-state index in [1.807, 2.05) is 19.1 Å². The first kappa shape index (κ1) is 31.4. The van der Waals surface area contributed by atoms with Gasteiger partial charge in [0, 0.05) is 31.7 Å². The number of rotatable bonds is 14. The number of likely N-dealkylation sites (tertiary alicyclic amines) is 1. The van der Waals surface area contributed by atoms with Gasteiger partial charge in [-0.3, -0.25) is 14.5 Å². The molecule has 2 aromatic rings. The molecule has 0 spiro atoms. The van der Waals surface area contributed by atoms with Gasteiger partial charge in [0.25, 0.3) is 11.7 Å². The number of nitrogens with zero attached hydrogens (tertiary/aromatic N) is 2. The number of unbranched alkanes of at least 4 members (excludes halogenated alkanes) is 2. The molecule has 0 aliphatic carbocycles. The zero-order valence-corrected chi connectivity index (χ0v) is 25.3. The molecule has 1 N–H and O–H groups in total. The topological polar surface area (TPSA) is 97.8 Å². The summed E-state index contributed by atoms with van der Waals surface area (Å²) >= 11 is 0. The van der Waals surface area contributed by atoms with Gasteiger partial charge in [0.05, 0.1) is 45.2 Å². The molecule has 9 heteroatoms. The Morgan fingerprint density at radius 2 is 1.67 bits per heavy atom. The smallest absolute Gasteiger partial charge is 0.295 e. The van der Waals surface area contributed by atoms with Crippen molar-refractivity contribution in [3.05, 3.63) is 58.7 Å². The minimum atomic E-state index is -0.787. The largest absolute Gasteiger partial charge is 0.507 e. The van der Waals surface area contributed by atoms with Crippen LogP contribution in [0.4, 0.5) is 0 Å². The van der Waals surface area contributed by atoms with Gasteiger partial charge in [0.2, 0.25) is 0 Å². The molecular weight excluding hydrogens is 536 g/mol. The first-order valence-corrected chi connectivity index (χ1v) is 15.0. The fraction of sp³-hybridized carbons (Fsp3) is 0.515. The monoisotopic (exact) mass is 580 g/mol. The maximum atomic E-state index is 13.6. The van der Waals surface area contributed by atoms with Crippen LogP contribution in [0.3, 0.4) is 0 Å². The van der Waals surface area contributed by atoms with E-state index >= 15 is 0 Å². The molecular formula is C33H44N2O7. The number of aliphatic hydroxyl groups is 1. The molecule has 1 atom stereocenters. The number of benzene rings is 2. The Balaban J connectivity index is 1.73. The molecule has 2 saturated heterocycles. The molecule has 42 heavy (non-hydrogen) atoms. The number of aryl methyl sites for hydroxylation is 1. The van der Waals surface area contributed by atoms with E-state index in [1.165, 1.54) is 0 Å². The van der Waals surface area contributed by atoms with Gasteiger partial charge in [-0.25, -0.2) is 0 Å². The fourth-order valence-corrected chi connectivity index (χ4v) is 5.30. The highest BCUT2D eigenvalue weighted by molar-refractivity contribution is 6.46. The molecule has 2 aliphatic heterocycles. The standard InChI is InChI=1S/C33H44N2O7/c1-5-7-17-41-25-10-11-26(23(3)21-25)31(36)29-30(24-9-12-27(28(22-24)39-4)42-18-8-6-2)35(33(38)32(29)37)14-13-34-15-19-40-20-16-34/h9-12,21-22,30,36H,5-8,13-20H2,1-4H3. The van der Waals surface area contributed by atoms with Crippen molar-refractivity contribution in [3.8, 4) is 17.2 Å². The molecule has 4 rings (SSSR count). The molecule has 1 amide bonds. The summed E-state index contributed by atoms with van der Waals surface area (Å²) in [5, 5.41) is 11.6. The molecule has 2 fully saturated rings. The molecule has 0 saturated carbocycles. The van der Waals surface area contributed by atoms with Crippen LogP contribution in [-0.2, 0) is 14.3 Å². The van der Waals surface area contributed by atoms with E-state index in [1.54, 1.807) is 36.3 Å². The van der Waals surface area contributed by atoms with Crippen LogP contribution >= 0.6 is 0 Å². The van der Waals surface area contributed by atoms with Gasteiger partial charge >= 0.3 is 0 Å². The number of Topliss-reactive ketones (excluding diaryl/α,β-unsaturated/α-hetero) is 1. The van der Waals surface area contributed by atoms with Crippen molar-refractivity contribution in [2.75, 3.05) is 59.7 Å². The van der Waals surface area contributed by atoms with Gasteiger partial charge in [0.15, 0.2) is 11.5 Å². The SMILES string of the molecule is CCCCOc1ccc(C(O)=C2C(=O)C(=O)N(CCN3CCOCC3)C2c2ccc(OCCCC)c(OC)c2)c(C)c1. The van der Waals surface area contributed by atoms with E-state index in [4.69, 9.17) is 18.9 Å². The minimum absolute atomic E-state index is 0.0615. The van der Waals surface area contributed by atoms with E-state index in [0.717, 1.165) is 44.3 Å². The Labute approximate surface area is 249 Å².